The van der Waals surface area contributed by atoms with Gasteiger partial charge in [-0.1, -0.05) is 0 Å². The zero-order valence-electron chi connectivity index (χ0n) is 10.8. The second-order valence-electron chi connectivity index (χ2n) is 4.95. The van der Waals surface area contributed by atoms with Gasteiger partial charge < -0.3 is 20.3 Å². The first-order valence-corrected chi connectivity index (χ1v) is 6.48. The van der Waals surface area contributed by atoms with E-state index in [1.807, 2.05) is 0 Å². The SMILES string of the molecule is COCC(=O)N1CCC(NC(=O)C2CNC2)CC1. The van der Waals surface area contributed by atoms with Crippen LogP contribution in [0.1, 0.15) is 12.8 Å². The summed E-state index contributed by atoms with van der Waals surface area (Å²) in [5.41, 5.74) is 0. The Hall–Kier alpha value is -1.14. The summed E-state index contributed by atoms with van der Waals surface area (Å²) in [5.74, 6) is 0.319. The molecule has 0 unspecified atom stereocenters. The van der Waals surface area contributed by atoms with E-state index in [1.54, 1.807) is 4.90 Å². The van der Waals surface area contributed by atoms with Crippen LogP contribution in [0.2, 0.25) is 0 Å². The third kappa shape index (κ3) is 3.20. The Morgan fingerprint density at radius 3 is 2.50 bits per heavy atom. The van der Waals surface area contributed by atoms with Crippen molar-refractivity contribution in [1.82, 2.24) is 15.5 Å². The maximum atomic E-state index is 11.8. The predicted octanol–water partition coefficient (Wildman–Crippen LogP) is -1.04. The molecule has 18 heavy (non-hydrogen) atoms. The molecule has 0 aromatic carbocycles. The third-order valence-corrected chi connectivity index (χ3v) is 3.61. The van der Waals surface area contributed by atoms with Gasteiger partial charge in [0.1, 0.15) is 6.61 Å². The van der Waals surface area contributed by atoms with Gasteiger partial charge in [0.15, 0.2) is 0 Å². The zero-order valence-corrected chi connectivity index (χ0v) is 10.8. The van der Waals surface area contributed by atoms with E-state index in [0.29, 0.717) is 13.1 Å². The molecule has 2 heterocycles. The second kappa shape index (κ2) is 6.15. The van der Waals surface area contributed by atoms with E-state index in [2.05, 4.69) is 10.6 Å². The van der Waals surface area contributed by atoms with Crippen LogP contribution < -0.4 is 10.6 Å². The Labute approximate surface area is 107 Å². The molecule has 0 atom stereocenters. The van der Waals surface area contributed by atoms with Gasteiger partial charge >= 0.3 is 0 Å². The van der Waals surface area contributed by atoms with Gasteiger partial charge in [0.2, 0.25) is 11.8 Å². The number of hydrogen-bond donors (Lipinski definition) is 2. The normalized spacial score (nSPS) is 21.5. The van der Waals surface area contributed by atoms with Gasteiger partial charge in [0.05, 0.1) is 5.92 Å². The van der Waals surface area contributed by atoms with Crippen molar-refractivity contribution in [2.24, 2.45) is 5.92 Å². The lowest BCUT2D eigenvalue weighted by Crippen LogP contribution is -2.54. The molecule has 0 spiro atoms. The standard InChI is InChI=1S/C12H21N3O3/c1-18-8-11(16)15-4-2-10(3-5-15)14-12(17)9-6-13-7-9/h9-10,13H,2-8H2,1H3,(H,14,17). The van der Waals surface area contributed by atoms with Gasteiger partial charge in [-0.25, -0.2) is 0 Å². The Balaban J connectivity index is 1.69. The molecule has 0 aromatic rings. The maximum absolute atomic E-state index is 11.8. The zero-order chi connectivity index (χ0) is 13.0. The third-order valence-electron chi connectivity index (χ3n) is 3.61. The first-order valence-electron chi connectivity index (χ1n) is 6.48. The molecule has 2 N–H and O–H groups in total. The van der Waals surface area contributed by atoms with Gasteiger partial charge in [0, 0.05) is 39.3 Å². The van der Waals surface area contributed by atoms with Crippen LogP contribution in [0.15, 0.2) is 0 Å². The molecule has 0 aliphatic carbocycles. The van der Waals surface area contributed by atoms with Crippen molar-refractivity contribution in [3.63, 3.8) is 0 Å². The average molecular weight is 255 g/mol. The van der Waals surface area contributed by atoms with Crippen LogP contribution in [0.25, 0.3) is 0 Å². The molecule has 102 valence electrons. The van der Waals surface area contributed by atoms with Crippen molar-refractivity contribution in [3.8, 4) is 0 Å². The quantitative estimate of drug-likeness (QED) is 0.673. The fourth-order valence-electron chi connectivity index (χ4n) is 2.28. The summed E-state index contributed by atoms with van der Waals surface area (Å²) in [4.78, 5) is 25.2. The molecule has 2 fully saturated rings. The summed E-state index contributed by atoms with van der Waals surface area (Å²) in [6.45, 7) is 3.13. The van der Waals surface area contributed by atoms with Crippen LogP contribution in [-0.4, -0.2) is 62.7 Å². The molecular formula is C12H21N3O3. The molecule has 0 bridgehead atoms. The number of nitrogens with one attached hydrogen (secondary N) is 2. The molecule has 2 saturated heterocycles. The summed E-state index contributed by atoms with van der Waals surface area (Å²) in [5, 5.41) is 6.15. The number of nitrogens with zero attached hydrogens (tertiary/aromatic N) is 1. The van der Waals surface area contributed by atoms with E-state index in [4.69, 9.17) is 4.74 Å². The van der Waals surface area contributed by atoms with Crippen molar-refractivity contribution < 1.29 is 14.3 Å². The van der Waals surface area contributed by atoms with Crippen LogP contribution >= 0.6 is 0 Å². The van der Waals surface area contributed by atoms with E-state index in [-0.39, 0.29) is 30.4 Å². The number of rotatable bonds is 4. The lowest BCUT2D eigenvalue weighted by molar-refractivity contribution is -0.136. The van der Waals surface area contributed by atoms with Crippen molar-refractivity contribution in [2.45, 2.75) is 18.9 Å². The summed E-state index contributed by atoms with van der Waals surface area (Å²) < 4.78 is 4.83. The Kier molecular flexibility index (Phi) is 4.54. The van der Waals surface area contributed by atoms with Crippen molar-refractivity contribution in [2.75, 3.05) is 39.9 Å². The van der Waals surface area contributed by atoms with E-state index >= 15 is 0 Å². The number of piperidine rings is 1. The minimum absolute atomic E-state index is 0.0328. The molecule has 6 nitrogen and oxygen atoms in total. The Bertz CT molecular complexity index is 310. The number of carbonyl (C=O) groups excluding carboxylic acids is 2. The molecule has 2 amide bonds. The van der Waals surface area contributed by atoms with E-state index in [1.165, 1.54) is 7.11 Å². The highest BCUT2D eigenvalue weighted by Crippen LogP contribution is 2.12. The fraction of sp³-hybridized carbons (Fsp3) is 0.833. The largest absolute Gasteiger partial charge is 0.375 e. The number of ether oxygens (including phenoxy) is 1. The smallest absolute Gasteiger partial charge is 0.248 e. The molecule has 0 aromatic heterocycles. The lowest BCUT2D eigenvalue weighted by atomic mass is 9.99. The molecule has 0 saturated carbocycles. The maximum Gasteiger partial charge on any atom is 0.248 e. The summed E-state index contributed by atoms with van der Waals surface area (Å²) in [6.07, 6.45) is 1.67. The number of carbonyl (C=O) groups is 2. The highest BCUT2D eigenvalue weighted by atomic mass is 16.5. The monoisotopic (exact) mass is 255 g/mol. The second-order valence-corrected chi connectivity index (χ2v) is 4.95. The van der Waals surface area contributed by atoms with Crippen LogP contribution in [-0.2, 0) is 14.3 Å². The topological polar surface area (TPSA) is 70.7 Å². The van der Waals surface area contributed by atoms with Gasteiger partial charge in [-0.3, -0.25) is 9.59 Å². The molecule has 6 heteroatoms. The van der Waals surface area contributed by atoms with Crippen LogP contribution in [0.5, 0.6) is 0 Å². The van der Waals surface area contributed by atoms with Gasteiger partial charge in [-0.05, 0) is 12.8 Å². The summed E-state index contributed by atoms with van der Waals surface area (Å²) >= 11 is 0. The minimum Gasteiger partial charge on any atom is -0.375 e. The molecule has 2 aliphatic rings. The van der Waals surface area contributed by atoms with Gasteiger partial charge in [0.25, 0.3) is 0 Å². The number of methoxy groups -OCH3 is 1. The van der Waals surface area contributed by atoms with Crippen molar-refractivity contribution in [3.05, 3.63) is 0 Å². The lowest BCUT2D eigenvalue weighted by Gasteiger charge is -2.34. The van der Waals surface area contributed by atoms with Crippen LogP contribution in [0.4, 0.5) is 0 Å². The number of amides is 2. The molecular weight excluding hydrogens is 234 g/mol. The highest BCUT2D eigenvalue weighted by molar-refractivity contribution is 5.80. The number of hydrogen-bond acceptors (Lipinski definition) is 4. The fourth-order valence-corrected chi connectivity index (χ4v) is 2.28. The summed E-state index contributed by atoms with van der Waals surface area (Å²) in [6, 6.07) is 0.213. The van der Waals surface area contributed by atoms with E-state index in [0.717, 1.165) is 25.9 Å². The highest BCUT2D eigenvalue weighted by Gasteiger charge is 2.28. The Morgan fingerprint density at radius 1 is 1.33 bits per heavy atom. The first kappa shape index (κ1) is 13.3. The Morgan fingerprint density at radius 2 is 2.00 bits per heavy atom. The van der Waals surface area contributed by atoms with Crippen molar-refractivity contribution >= 4 is 11.8 Å². The molecule has 2 aliphatic heterocycles. The van der Waals surface area contributed by atoms with Crippen LogP contribution in [0, 0.1) is 5.92 Å². The van der Waals surface area contributed by atoms with Crippen molar-refractivity contribution in [1.29, 1.82) is 0 Å². The average Bonchev–Trinajstić information content (AvgIpc) is 2.27. The predicted molar refractivity (Wildman–Crippen MR) is 66.0 cm³/mol. The molecule has 2 rings (SSSR count). The first-order chi connectivity index (χ1) is 8.70. The molecule has 0 radical (unpaired) electrons. The van der Waals surface area contributed by atoms with Crippen LogP contribution in [0.3, 0.4) is 0 Å². The minimum atomic E-state index is 0.0328. The van der Waals surface area contributed by atoms with E-state index < -0.39 is 0 Å². The van der Waals surface area contributed by atoms with Gasteiger partial charge in [-0.15, -0.1) is 0 Å². The summed E-state index contributed by atoms with van der Waals surface area (Å²) in [7, 11) is 1.53. The van der Waals surface area contributed by atoms with Gasteiger partial charge in [-0.2, -0.15) is 0 Å². The number of likely N-dealkylation sites (tertiary alicyclic amines) is 1. The van der Waals surface area contributed by atoms with E-state index in [9.17, 15) is 9.59 Å².